The predicted octanol–water partition coefficient (Wildman–Crippen LogP) is 4.44. The molecule has 0 aliphatic carbocycles. The monoisotopic (exact) mass is 401 g/mol. The summed E-state index contributed by atoms with van der Waals surface area (Å²) in [5.41, 5.74) is 1.08. The zero-order valence-electron chi connectivity index (χ0n) is 17.8. The smallest absolute Gasteiger partial charge is 0.410 e. The van der Waals surface area contributed by atoms with Crippen LogP contribution < -0.4 is 9.47 Å². The average Bonchev–Trinajstić information content (AvgIpc) is 2.67. The number of piperidine rings is 1. The molecule has 0 radical (unpaired) electrons. The van der Waals surface area contributed by atoms with Gasteiger partial charge in [0, 0.05) is 13.1 Å². The molecule has 1 atom stereocenters. The van der Waals surface area contributed by atoms with Gasteiger partial charge < -0.3 is 19.1 Å². The molecule has 1 aliphatic rings. The molecule has 29 heavy (non-hydrogen) atoms. The van der Waals surface area contributed by atoms with Crippen molar-refractivity contribution in [2.45, 2.75) is 52.6 Å². The van der Waals surface area contributed by atoms with Gasteiger partial charge in [-0.25, -0.2) is 14.8 Å². The summed E-state index contributed by atoms with van der Waals surface area (Å²) < 4.78 is 17.1. The van der Waals surface area contributed by atoms with E-state index in [1.54, 1.807) is 4.90 Å². The Bertz CT molecular complexity index is 834. The number of hydrogen-bond donors (Lipinski definition) is 0. The Balaban J connectivity index is 1.58. The summed E-state index contributed by atoms with van der Waals surface area (Å²) in [5.74, 6) is 1.22. The van der Waals surface area contributed by atoms with E-state index < -0.39 is 5.60 Å². The highest BCUT2D eigenvalue weighted by Crippen LogP contribution is 2.27. The van der Waals surface area contributed by atoms with Gasteiger partial charge in [-0.3, -0.25) is 0 Å². The predicted molar refractivity (Wildman–Crippen MR) is 111 cm³/mol. The number of likely N-dealkylation sites (tertiary alicyclic amines) is 1. The van der Waals surface area contributed by atoms with Crippen LogP contribution in [0.2, 0.25) is 0 Å². The van der Waals surface area contributed by atoms with E-state index in [-0.39, 0.29) is 6.09 Å². The zero-order valence-corrected chi connectivity index (χ0v) is 17.8. The van der Waals surface area contributed by atoms with Crippen LogP contribution in [0, 0.1) is 5.92 Å². The summed E-state index contributed by atoms with van der Waals surface area (Å²) in [4.78, 5) is 23.2. The molecule has 2 heterocycles. The lowest BCUT2D eigenvalue weighted by Crippen LogP contribution is -2.43. The highest BCUT2D eigenvalue weighted by Gasteiger charge is 2.27. The van der Waals surface area contributed by atoms with Crippen molar-refractivity contribution in [2.24, 2.45) is 5.92 Å². The molecule has 1 saturated heterocycles. The molecule has 0 bridgehead atoms. The fraction of sp³-hybridized carbons (Fsp3) is 0.591. The van der Waals surface area contributed by atoms with E-state index in [4.69, 9.17) is 14.2 Å². The number of ether oxygens (including phenoxy) is 3. The van der Waals surface area contributed by atoms with E-state index in [2.05, 4.69) is 9.97 Å². The number of carbonyl (C=O) groups excluding carboxylic acids is 1. The minimum absolute atomic E-state index is 0.234. The van der Waals surface area contributed by atoms with Gasteiger partial charge in [0.05, 0.1) is 24.2 Å². The molecule has 0 N–H and O–H groups in total. The van der Waals surface area contributed by atoms with E-state index in [0.717, 1.165) is 36.8 Å². The third-order valence-corrected chi connectivity index (χ3v) is 4.73. The molecule has 158 valence electrons. The van der Waals surface area contributed by atoms with E-state index in [0.29, 0.717) is 37.4 Å². The topological polar surface area (TPSA) is 73.8 Å². The Morgan fingerprint density at radius 3 is 2.41 bits per heavy atom. The maximum Gasteiger partial charge on any atom is 0.410 e. The van der Waals surface area contributed by atoms with Crippen molar-refractivity contribution in [2.75, 3.05) is 26.3 Å². The van der Waals surface area contributed by atoms with Crippen LogP contribution in [0.4, 0.5) is 4.79 Å². The number of nitrogens with zero attached hydrogens (tertiary/aromatic N) is 3. The first-order chi connectivity index (χ1) is 13.9. The van der Waals surface area contributed by atoms with Crippen LogP contribution in [0.25, 0.3) is 11.0 Å². The number of fused-ring (bicyclic) bond motifs is 1. The van der Waals surface area contributed by atoms with Gasteiger partial charge in [-0.2, -0.15) is 0 Å². The third kappa shape index (κ3) is 5.95. The molecular weight excluding hydrogens is 370 g/mol. The Morgan fingerprint density at radius 1 is 1.14 bits per heavy atom. The number of benzene rings is 1. The minimum Gasteiger partial charge on any atom is -0.474 e. The third-order valence-electron chi connectivity index (χ3n) is 4.73. The van der Waals surface area contributed by atoms with Crippen LogP contribution in [0.15, 0.2) is 24.3 Å². The van der Waals surface area contributed by atoms with Crippen LogP contribution in [0.3, 0.4) is 0 Å². The van der Waals surface area contributed by atoms with Gasteiger partial charge >= 0.3 is 6.09 Å². The Hall–Kier alpha value is -2.57. The maximum absolute atomic E-state index is 12.3. The molecule has 1 fully saturated rings. The molecule has 2 aromatic rings. The van der Waals surface area contributed by atoms with Crippen LogP contribution >= 0.6 is 0 Å². The lowest BCUT2D eigenvalue weighted by molar-refractivity contribution is 0.0154. The van der Waals surface area contributed by atoms with Crippen molar-refractivity contribution >= 4 is 17.1 Å². The second-order valence-electron chi connectivity index (χ2n) is 8.33. The molecule has 0 unspecified atom stereocenters. The van der Waals surface area contributed by atoms with E-state index in [9.17, 15) is 4.79 Å². The van der Waals surface area contributed by atoms with E-state index in [1.807, 2.05) is 52.0 Å². The van der Waals surface area contributed by atoms with Crippen molar-refractivity contribution in [3.05, 3.63) is 24.3 Å². The van der Waals surface area contributed by atoms with Gasteiger partial charge in [0.15, 0.2) is 0 Å². The molecule has 1 aliphatic heterocycles. The van der Waals surface area contributed by atoms with Gasteiger partial charge in [0.25, 0.3) is 11.8 Å². The largest absolute Gasteiger partial charge is 0.474 e. The Kier molecular flexibility index (Phi) is 6.77. The van der Waals surface area contributed by atoms with Crippen LogP contribution in [0.1, 0.15) is 47.0 Å². The van der Waals surface area contributed by atoms with Crippen molar-refractivity contribution in [1.29, 1.82) is 0 Å². The highest BCUT2D eigenvalue weighted by molar-refractivity contribution is 5.75. The van der Waals surface area contributed by atoms with E-state index in [1.165, 1.54) is 0 Å². The molecule has 7 nitrogen and oxygen atoms in total. The van der Waals surface area contributed by atoms with Gasteiger partial charge in [-0.1, -0.05) is 12.1 Å². The van der Waals surface area contributed by atoms with Crippen LogP contribution in [-0.2, 0) is 4.74 Å². The van der Waals surface area contributed by atoms with Gasteiger partial charge in [-0.05, 0) is 65.0 Å². The molecular formula is C22H31N3O4. The standard InChI is InChI=1S/C22H31N3O4/c1-5-27-19-20(24-18-11-7-6-10-17(18)23-19)28-14-12-16-9-8-13-25(15-16)21(26)29-22(2,3)4/h6-7,10-11,16H,5,8-9,12-15H2,1-4H3/t16-/m1/s1. The number of carbonyl (C=O) groups is 1. The van der Waals surface area contributed by atoms with Crippen LogP contribution in [0.5, 0.6) is 11.8 Å². The molecule has 7 heteroatoms. The van der Waals surface area contributed by atoms with Gasteiger partial charge in [-0.15, -0.1) is 0 Å². The number of hydrogen-bond acceptors (Lipinski definition) is 6. The summed E-state index contributed by atoms with van der Waals surface area (Å²) in [7, 11) is 0. The summed E-state index contributed by atoms with van der Waals surface area (Å²) in [6.07, 6.45) is 2.65. The number of para-hydroxylation sites is 2. The SMILES string of the molecule is CCOc1nc2ccccc2nc1OCC[C@H]1CCCN(C(=O)OC(C)(C)C)C1. The fourth-order valence-electron chi connectivity index (χ4n) is 3.41. The second-order valence-corrected chi connectivity index (χ2v) is 8.33. The molecule has 0 saturated carbocycles. The summed E-state index contributed by atoms with van der Waals surface area (Å²) in [5, 5.41) is 0. The van der Waals surface area contributed by atoms with Gasteiger partial charge in [0.1, 0.15) is 5.60 Å². The number of rotatable bonds is 6. The molecule has 1 amide bonds. The second kappa shape index (κ2) is 9.29. The minimum atomic E-state index is -0.475. The Labute approximate surface area is 172 Å². The molecule has 1 aromatic heterocycles. The van der Waals surface area contributed by atoms with Crippen molar-refractivity contribution in [3.8, 4) is 11.8 Å². The molecule has 1 aromatic carbocycles. The summed E-state index contributed by atoms with van der Waals surface area (Å²) >= 11 is 0. The van der Waals surface area contributed by atoms with Crippen LogP contribution in [-0.4, -0.2) is 52.9 Å². The summed E-state index contributed by atoms with van der Waals surface area (Å²) in [6, 6.07) is 7.66. The number of amides is 1. The maximum atomic E-state index is 12.3. The van der Waals surface area contributed by atoms with E-state index >= 15 is 0 Å². The highest BCUT2D eigenvalue weighted by atomic mass is 16.6. The van der Waals surface area contributed by atoms with Crippen molar-refractivity contribution in [1.82, 2.24) is 14.9 Å². The average molecular weight is 402 g/mol. The first kappa shape index (κ1) is 21.1. The van der Waals surface area contributed by atoms with Gasteiger partial charge in [0.2, 0.25) is 0 Å². The lowest BCUT2D eigenvalue weighted by Gasteiger charge is -2.34. The van der Waals surface area contributed by atoms with Crippen molar-refractivity contribution < 1.29 is 19.0 Å². The first-order valence-electron chi connectivity index (χ1n) is 10.4. The summed E-state index contributed by atoms with van der Waals surface area (Å²) in [6.45, 7) is 10.0. The Morgan fingerprint density at radius 2 is 1.79 bits per heavy atom. The molecule has 0 spiro atoms. The quantitative estimate of drug-likeness (QED) is 0.712. The first-order valence-corrected chi connectivity index (χ1v) is 10.4. The normalized spacial score (nSPS) is 17.2. The lowest BCUT2D eigenvalue weighted by atomic mass is 9.95. The zero-order chi connectivity index (χ0) is 20.9. The molecule has 3 rings (SSSR count). The fourth-order valence-corrected chi connectivity index (χ4v) is 3.41. The van der Waals surface area contributed by atoms with Crippen molar-refractivity contribution in [3.63, 3.8) is 0 Å². The number of aromatic nitrogens is 2.